The van der Waals surface area contributed by atoms with Crippen molar-refractivity contribution in [3.8, 4) is 0 Å². The average molecular weight is 299 g/mol. The van der Waals surface area contributed by atoms with E-state index in [1.807, 2.05) is 12.1 Å². The molecule has 2 aromatic rings. The minimum Gasteiger partial charge on any atom is -0.308 e. The van der Waals surface area contributed by atoms with Crippen LogP contribution in [0.5, 0.6) is 0 Å². The van der Waals surface area contributed by atoms with Gasteiger partial charge in [0.15, 0.2) is 9.84 Å². The van der Waals surface area contributed by atoms with Gasteiger partial charge in [-0.3, -0.25) is 0 Å². The Morgan fingerprint density at radius 2 is 1.71 bits per heavy atom. The minimum atomic E-state index is -3.11. The third kappa shape index (κ3) is 2.10. The van der Waals surface area contributed by atoms with Crippen molar-refractivity contribution >= 4 is 9.84 Å². The summed E-state index contributed by atoms with van der Waals surface area (Å²) in [6, 6.07) is 15.7. The molecule has 1 N–H and O–H groups in total. The van der Waals surface area contributed by atoms with Crippen molar-refractivity contribution in [2.75, 3.05) is 12.3 Å². The smallest absolute Gasteiger partial charge is 0.180 e. The third-order valence-electron chi connectivity index (χ3n) is 4.59. The summed E-state index contributed by atoms with van der Waals surface area (Å²) in [5, 5.41) is 3.46. The molecule has 0 bridgehead atoms. The summed E-state index contributed by atoms with van der Waals surface area (Å²) in [6.45, 7) is 0.839. The normalized spacial score (nSPS) is 25.0. The van der Waals surface area contributed by atoms with Crippen LogP contribution in [-0.4, -0.2) is 20.7 Å². The molecule has 4 rings (SSSR count). The van der Waals surface area contributed by atoms with Crippen LogP contribution in [0.2, 0.25) is 0 Å². The molecule has 21 heavy (non-hydrogen) atoms. The topological polar surface area (TPSA) is 46.2 Å². The number of rotatable bonds is 3. The van der Waals surface area contributed by atoms with E-state index in [0.717, 1.165) is 18.5 Å². The van der Waals surface area contributed by atoms with Crippen LogP contribution in [0, 0.1) is 0 Å². The number of benzene rings is 2. The van der Waals surface area contributed by atoms with E-state index >= 15 is 0 Å². The van der Waals surface area contributed by atoms with Crippen LogP contribution in [0.3, 0.4) is 0 Å². The predicted octanol–water partition coefficient (Wildman–Crippen LogP) is 2.44. The van der Waals surface area contributed by atoms with Crippen molar-refractivity contribution in [2.24, 2.45) is 0 Å². The van der Waals surface area contributed by atoms with E-state index < -0.39 is 9.84 Å². The minimum absolute atomic E-state index is 0.0704. The lowest BCUT2D eigenvalue weighted by Gasteiger charge is -2.31. The highest BCUT2D eigenvalue weighted by Crippen LogP contribution is 2.36. The molecule has 1 heterocycles. The molecule has 0 fully saturated rings. The zero-order chi connectivity index (χ0) is 14.4. The van der Waals surface area contributed by atoms with E-state index in [4.69, 9.17) is 0 Å². The molecule has 2 aliphatic rings. The van der Waals surface area contributed by atoms with Gasteiger partial charge in [-0.2, -0.15) is 0 Å². The van der Waals surface area contributed by atoms with E-state index in [1.54, 1.807) is 12.1 Å². The van der Waals surface area contributed by atoms with Crippen molar-refractivity contribution in [2.45, 2.75) is 23.3 Å². The largest absolute Gasteiger partial charge is 0.308 e. The number of nitrogens with one attached hydrogen (secondary N) is 1. The molecular formula is C17H17NO2S. The molecule has 0 amide bonds. The quantitative estimate of drug-likeness (QED) is 0.947. The Labute approximate surface area is 124 Å². The molecule has 0 aromatic heterocycles. The SMILES string of the molecule is O=S1(=O)CC(NCC2Cc3ccccc32)c2ccccc21. The van der Waals surface area contributed by atoms with E-state index in [-0.39, 0.29) is 11.8 Å². The Morgan fingerprint density at radius 3 is 2.52 bits per heavy atom. The number of hydrogen-bond donors (Lipinski definition) is 1. The lowest BCUT2D eigenvalue weighted by atomic mass is 9.77. The summed E-state index contributed by atoms with van der Waals surface area (Å²) in [7, 11) is -3.11. The lowest BCUT2D eigenvalue weighted by molar-refractivity contribution is 0.491. The molecule has 1 aliphatic carbocycles. The monoisotopic (exact) mass is 299 g/mol. The molecule has 0 radical (unpaired) electrons. The summed E-state index contributed by atoms with van der Waals surface area (Å²) in [5.74, 6) is 0.692. The summed E-state index contributed by atoms with van der Waals surface area (Å²) in [4.78, 5) is 0.497. The molecular weight excluding hydrogens is 282 g/mol. The first-order chi connectivity index (χ1) is 10.1. The Hall–Kier alpha value is -1.65. The van der Waals surface area contributed by atoms with Crippen LogP contribution in [0.15, 0.2) is 53.4 Å². The van der Waals surface area contributed by atoms with Gasteiger partial charge in [0.1, 0.15) is 0 Å². The van der Waals surface area contributed by atoms with Crippen LogP contribution >= 0.6 is 0 Å². The van der Waals surface area contributed by atoms with Gasteiger partial charge < -0.3 is 5.32 Å². The van der Waals surface area contributed by atoms with E-state index in [0.29, 0.717) is 10.8 Å². The molecule has 1 aliphatic heterocycles. The Morgan fingerprint density at radius 1 is 1.00 bits per heavy atom. The Balaban J connectivity index is 1.51. The van der Waals surface area contributed by atoms with Crippen molar-refractivity contribution < 1.29 is 8.42 Å². The summed E-state index contributed by atoms with van der Waals surface area (Å²) in [5.41, 5.74) is 3.74. The van der Waals surface area contributed by atoms with Gasteiger partial charge in [0.2, 0.25) is 0 Å². The van der Waals surface area contributed by atoms with Gasteiger partial charge in [-0.15, -0.1) is 0 Å². The maximum absolute atomic E-state index is 12.2. The Kier molecular flexibility index (Phi) is 2.91. The third-order valence-corrected chi connectivity index (χ3v) is 6.40. The van der Waals surface area contributed by atoms with Gasteiger partial charge in [-0.25, -0.2) is 8.42 Å². The molecule has 0 spiro atoms. The molecule has 0 saturated heterocycles. The van der Waals surface area contributed by atoms with Crippen LogP contribution in [0.25, 0.3) is 0 Å². The van der Waals surface area contributed by atoms with Crippen molar-refractivity contribution in [3.63, 3.8) is 0 Å². The summed E-state index contributed by atoms with van der Waals surface area (Å²) >= 11 is 0. The zero-order valence-electron chi connectivity index (χ0n) is 11.6. The highest BCUT2D eigenvalue weighted by Gasteiger charge is 2.35. The van der Waals surface area contributed by atoms with Crippen LogP contribution in [-0.2, 0) is 16.3 Å². The second-order valence-electron chi connectivity index (χ2n) is 5.88. The van der Waals surface area contributed by atoms with Gasteiger partial charge in [-0.1, -0.05) is 42.5 Å². The van der Waals surface area contributed by atoms with Crippen LogP contribution in [0.4, 0.5) is 0 Å². The second-order valence-corrected chi connectivity index (χ2v) is 7.88. The van der Waals surface area contributed by atoms with Crippen LogP contribution in [0.1, 0.15) is 28.7 Å². The van der Waals surface area contributed by atoms with E-state index in [9.17, 15) is 8.42 Å². The first kappa shape index (κ1) is 13.0. The van der Waals surface area contributed by atoms with E-state index in [2.05, 4.69) is 29.6 Å². The highest BCUT2D eigenvalue weighted by molar-refractivity contribution is 7.91. The standard InChI is InChI=1S/C17H17NO2S/c19-21(20)11-16(15-7-3-4-8-17(15)21)18-10-13-9-12-5-1-2-6-14(12)13/h1-8,13,16,18H,9-11H2. The molecule has 3 nitrogen and oxygen atoms in total. The molecule has 108 valence electrons. The molecule has 4 heteroatoms. The van der Waals surface area contributed by atoms with Crippen LogP contribution < -0.4 is 5.32 Å². The lowest BCUT2D eigenvalue weighted by Crippen LogP contribution is -2.32. The van der Waals surface area contributed by atoms with Gasteiger partial charge in [0.25, 0.3) is 0 Å². The number of sulfone groups is 1. The van der Waals surface area contributed by atoms with Crippen molar-refractivity contribution in [1.29, 1.82) is 0 Å². The molecule has 0 saturated carbocycles. The highest BCUT2D eigenvalue weighted by atomic mass is 32.2. The Bertz CT molecular complexity index is 798. The van der Waals surface area contributed by atoms with Gasteiger partial charge in [0, 0.05) is 18.5 Å². The van der Waals surface area contributed by atoms with Crippen molar-refractivity contribution in [1.82, 2.24) is 5.32 Å². The molecule has 2 atom stereocenters. The molecule has 2 unspecified atom stereocenters. The second kappa shape index (κ2) is 4.68. The van der Waals surface area contributed by atoms with Gasteiger partial charge >= 0.3 is 0 Å². The predicted molar refractivity (Wildman–Crippen MR) is 82.1 cm³/mol. The summed E-state index contributed by atoms with van der Waals surface area (Å²) < 4.78 is 24.3. The first-order valence-corrected chi connectivity index (χ1v) is 8.93. The van der Waals surface area contributed by atoms with Gasteiger partial charge in [0.05, 0.1) is 10.6 Å². The average Bonchev–Trinajstić information content (AvgIpc) is 2.72. The van der Waals surface area contributed by atoms with Crippen molar-refractivity contribution in [3.05, 3.63) is 65.2 Å². The summed E-state index contributed by atoms with van der Waals surface area (Å²) in [6.07, 6.45) is 1.09. The van der Waals surface area contributed by atoms with Gasteiger partial charge in [-0.05, 0) is 29.2 Å². The molecule has 2 aromatic carbocycles. The first-order valence-electron chi connectivity index (χ1n) is 7.28. The van der Waals surface area contributed by atoms with E-state index in [1.165, 1.54) is 11.1 Å². The zero-order valence-corrected chi connectivity index (χ0v) is 12.4. The number of fused-ring (bicyclic) bond motifs is 2. The maximum atomic E-state index is 12.2. The fourth-order valence-corrected chi connectivity index (χ4v) is 5.22. The fraction of sp³-hybridized carbons (Fsp3) is 0.294. The fourth-order valence-electron chi connectivity index (χ4n) is 3.45. The number of hydrogen-bond acceptors (Lipinski definition) is 3. The maximum Gasteiger partial charge on any atom is 0.180 e.